The molecule has 2 N–H and O–H groups in total. The van der Waals surface area contributed by atoms with E-state index in [1.165, 1.54) is 34.6 Å². The molecule has 1 fully saturated rings. The van der Waals surface area contributed by atoms with Crippen LogP contribution in [0.2, 0.25) is 15.1 Å². The molecule has 38 heavy (non-hydrogen) atoms. The van der Waals surface area contributed by atoms with Crippen molar-refractivity contribution in [3.8, 4) is 0 Å². The first kappa shape index (κ1) is 28.7. The van der Waals surface area contributed by atoms with Gasteiger partial charge in [0.1, 0.15) is 0 Å². The van der Waals surface area contributed by atoms with E-state index in [0.717, 1.165) is 0 Å². The van der Waals surface area contributed by atoms with E-state index < -0.39 is 26.0 Å². The van der Waals surface area contributed by atoms with Gasteiger partial charge in [-0.1, -0.05) is 40.9 Å². The summed E-state index contributed by atoms with van der Waals surface area (Å²) in [6.07, 6.45) is 1.06. The summed E-state index contributed by atoms with van der Waals surface area (Å²) in [6, 6.07) is 16.6. The molecule has 13 heteroatoms. The lowest BCUT2D eigenvalue weighted by molar-refractivity contribution is -0.120. The fourth-order valence-corrected chi connectivity index (χ4v) is 7.14. The normalized spacial score (nSPS) is 16.7. The lowest BCUT2D eigenvalue weighted by Crippen LogP contribution is -2.44. The van der Waals surface area contributed by atoms with Crippen molar-refractivity contribution < 1.29 is 21.6 Å². The Hall–Kier alpha value is -2.34. The van der Waals surface area contributed by atoms with E-state index in [9.17, 15) is 21.6 Å². The van der Waals surface area contributed by atoms with E-state index in [4.69, 9.17) is 34.8 Å². The summed E-state index contributed by atoms with van der Waals surface area (Å²) in [6.45, 7) is 0.369. The van der Waals surface area contributed by atoms with E-state index in [0.29, 0.717) is 46.4 Å². The number of nitrogens with one attached hydrogen (secondary N) is 2. The third kappa shape index (κ3) is 7.19. The van der Waals surface area contributed by atoms with Crippen LogP contribution in [0.4, 0.5) is 11.4 Å². The predicted octanol–water partition coefficient (Wildman–Crippen LogP) is 5.63. The third-order valence-corrected chi connectivity index (χ3v) is 10.2. The summed E-state index contributed by atoms with van der Waals surface area (Å²) >= 11 is 17.8. The van der Waals surface area contributed by atoms with Crippen LogP contribution < -0.4 is 10.0 Å². The van der Waals surface area contributed by atoms with Crippen molar-refractivity contribution in [3.05, 3.63) is 87.4 Å². The largest absolute Gasteiger partial charge is 0.326 e. The highest BCUT2D eigenvalue weighted by atomic mass is 35.5. The maximum Gasteiger partial charge on any atom is 0.261 e. The number of piperidine rings is 1. The van der Waals surface area contributed by atoms with Crippen LogP contribution in [-0.4, -0.2) is 40.1 Å². The van der Waals surface area contributed by atoms with Gasteiger partial charge in [0, 0.05) is 29.5 Å². The van der Waals surface area contributed by atoms with E-state index in [-0.39, 0.29) is 28.1 Å². The predicted molar refractivity (Wildman–Crippen MR) is 151 cm³/mol. The second-order valence-electron chi connectivity index (χ2n) is 8.83. The lowest BCUT2D eigenvalue weighted by Gasteiger charge is -2.31. The van der Waals surface area contributed by atoms with Gasteiger partial charge in [-0.2, -0.15) is 0 Å². The van der Waals surface area contributed by atoms with Crippen LogP contribution in [0.3, 0.4) is 0 Å². The second kappa shape index (κ2) is 11.8. The molecule has 0 radical (unpaired) electrons. The van der Waals surface area contributed by atoms with E-state index in [2.05, 4.69) is 10.0 Å². The van der Waals surface area contributed by atoms with Gasteiger partial charge in [-0.05, 0) is 79.1 Å². The van der Waals surface area contributed by atoms with Gasteiger partial charge in [0.2, 0.25) is 15.9 Å². The SMILES string of the molecule is O=C(Nc1ccc(S(=O)(=O)Nc2ccc(Cl)cc2)cc1)[C@@H]1CCCN(S(=O)(=O)Cc2ccc(Cl)c(Cl)c2)C1. The number of anilines is 2. The van der Waals surface area contributed by atoms with Crippen LogP contribution in [0.15, 0.2) is 71.6 Å². The summed E-state index contributed by atoms with van der Waals surface area (Å²) in [5, 5.41) is 3.86. The molecule has 1 atom stereocenters. The van der Waals surface area contributed by atoms with Crippen LogP contribution in [0.25, 0.3) is 0 Å². The first-order chi connectivity index (χ1) is 17.9. The first-order valence-corrected chi connectivity index (χ1v) is 15.8. The van der Waals surface area contributed by atoms with Crippen LogP contribution >= 0.6 is 34.8 Å². The minimum Gasteiger partial charge on any atom is -0.326 e. The summed E-state index contributed by atoms with van der Waals surface area (Å²) in [5.41, 5.74) is 1.27. The fraction of sp³-hybridized carbons (Fsp3) is 0.240. The van der Waals surface area contributed by atoms with Crippen molar-refractivity contribution >= 4 is 72.1 Å². The van der Waals surface area contributed by atoms with E-state index >= 15 is 0 Å². The quantitative estimate of drug-likeness (QED) is 0.341. The number of hydrogen-bond donors (Lipinski definition) is 2. The number of carbonyl (C=O) groups is 1. The number of amides is 1. The number of nitrogens with zero attached hydrogens (tertiary/aromatic N) is 1. The Morgan fingerprint density at radius 3 is 2.18 bits per heavy atom. The van der Waals surface area contributed by atoms with E-state index in [1.54, 1.807) is 36.4 Å². The Kier molecular flexibility index (Phi) is 8.91. The zero-order chi connectivity index (χ0) is 27.5. The van der Waals surface area contributed by atoms with Crippen molar-refractivity contribution in [1.29, 1.82) is 0 Å². The minimum atomic E-state index is -3.84. The van der Waals surface area contributed by atoms with Crippen molar-refractivity contribution in [2.45, 2.75) is 23.5 Å². The monoisotopic (exact) mass is 615 g/mol. The molecule has 1 saturated heterocycles. The molecule has 0 spiro atoms. The van der Waals surface area contributed by atoms with Crippen molar-refractivity contribution in [2.24, 2.45) is 5.92 Å². The number of carbonyl (C=O) groups excluding carboxylic acids is 1. The third-order valence-electron chi connectivity index (χ3n) is 6.01. The lowest BCUT2D eigenvalue weighted by atomic mass is 9.99. The van der Waals surface area contributed by atoms with Gasteiger partial charge in [0.05, 0.1) is 26.6 Å². The van der Waals surface area contributed by atoms with Gasteiger partial charge >= 0.3 is 0 Å². The van der Waals surface area contributed by atoms with Crippen molar-refractivity contribution in [1.82, 2.24) is 4.31 Å². The fourth-order valence-electron chi connectivity index (χ4n) is 4.03. The molecular formula is C25H24Cl3N3O5S2. The van der Waals surface area contributed by atoms with Crippen LogP contribution in [-0.2, 0) is 30.6 Å². The topological polar surface area (TPSA) is 113 Å². The molecule has 0 aromatic heterocycles. The summed E-state index contributed by atoms with van der Waals surface area (Å²) in [5.74, 6) is -1.14. The molecule has 1 aliphatic heterocycles. The summed E-state index contributed by atoms with van der Waals surface area (Å²) in [4.78, 5) is 12.9. The molecule has 8 nitrogen and oxygen atoms in total. The standard InChI is InChI=1S/C25H24Cl3N3O5S2/c26-19-4-6-21(7-5-19)30-38(35,36)22-10-8-20(9-11-22)29-25(32)18-2-1-13-31(15-18)37(33,34)16-17-3-12-23(27)24(28)14-17/h3-12,14,18,30H,1-2,13,15-16H2,(H,29,32)/t18-/m1/s1. The highest BCUT2D eigenvalue weighted by Gasteiger charge is 2.32. The average Bonchev–Trinajstić information content (AvgIpc) is 2.88. The average molecular weight is 617 g/mol. The number of sulfonamides is 2. The molecule has 0 saturated carbocycles. The Morgan fingerprint density at radius 2 is 1.53 bits per heavy atom. The second-order valence-corrected chi connectivity index (χ2v) is 13.7. The highest BCUT2D eigenvalue weighted by Crippen LogP contribution is 2.27. The van der Waals surface area contributed by atoms with Crippen LogP contribution in [0.1, 0.15) is 18.4 Å². The summed E-state index contributed by atoms with van der Waals surface area (Å²) in [7, 11) is -7.53. The molecule has 4 rings (SSSR count). The Balaban J connectivity index is 1.38. The maximum atomic E-state index is 13.0. The molecule has 1 amide bonds. The Labute approximate surface area is 237 Å². The van der Waals surface area contributed by atoms with Gasteiger partial charge in [-0.25, -0.2) is 21.1 Å². The van der Waals surface area contributed by atoms with Crippen LogP contribution in [0, 0.1) is 5.92 Å². The Morgan fingerprint density at radius 1 is 0.868 bits per heavy atom. The van der Waals surface area contributed by atoms with Gasteiger partial charge in [0.25, 0.3) is 10.0 Å². The van der Waals surface area contributed by atoms with Gasteiger partial charge in [-0.3, -0.25) is 9.52 Å². The van der Waals surface area contributed by atoms with E-state index in [1.807, 2.05) is 0 Å². The molecule has 1 aliphatic rings. The molecule has 3 aromatic rings. The summed E-state index contributed by atoms with van der Waals surface area (Å²) < 4.78 is 55.1. The van der Waals surface area contributed by atoms with Crippen LogP contribution in [0.5, 0.6) is 0 Å². The zero-order valence-electron chi connectivity index (χ0n) is 19.9. The molecule has 0 bridgehead atoms. The molecule has 0 unspecified atom stereocenters. The maximum absolute atomic E-state index is 13.0. The van der Waals surface area contributed by atoms with Gasteiger partial charge in [0.15, 0.2) is 0 Å². The number of hydrogen-bond acceptors (Lipinski definition) is 5. The molecule has 0 aliphatic carbocycles. The highest BCUT2D eigenvalue weighted by molar-refractivity contribution is 7.92. The molecule has 1 heterocycles. The molecule has 202 valence electrons. The number of rotatable bonds is 8. The first-order valence-electron chi connectivity index (χ1n) is 11.5. The minimum absolute atomic E-state index is 0.0164. The van der Waals surface area contributed by atoms with Crippen molar-refractivity contribution in [3.63, 3.8) is 0 Å². The van der Waals surface area contributed by atoms with Gasteiger partial charge < -0.3 is 5.32 Å². The molecular weight excluding hydrogens is 593 g/mol. The zero-order valence-corrected chi connectivity index (χ0v) is 23.8. The Bertz CT molecular complexity index is 1530. The van der Waals surface area contributed by atoms with Gasteiger partial charge in [-0.15, -0.1) is 0 Å². The number of halogens is 3. The van der Waals surface area contributed by atoms with Crippen molar-refractivity contribution in [2.75, 3.05) is 23.1 Å². The smallest absolute Gasteiger partial charge is 0.261 e. The molecule has 3 aromatic carbocycles. The number of benzene rings is 3.